The second-order valence-corrected chi connectivity index (χ2v) is 8.33. The van der Waals surface area contributed by atoms with Gasteiger partial charge in [-0.25, -0.2) is 23.8 Å². The lowest BCUT2D eigenvalue weighted by Crippen LogP contribution is -2.14. The highest BCUT2D eigenvalue weighted by Crippen LogP contribution is 2.28. The van der Waals surface area contributed by atoms with Crippen LogP contribution in [0.2, 0.25) is 5.15 Å². The third-order valence-electron chi connectivity index (χ3n) is 4.08. The van der Waals surface area contributed by atoms with Crippen molar-refractivity contribution in [1.29, 1.82) is 4.78 Å². The van der Waals surface area contributed by atoms with E-state index in [2.05, 4.69) is 14.7 Å². The highest BCUT2D eigenvalue weighted by Gasteiger charge is 2.16. The maximum Gasteiger partial charge on any atom is 0.335 e. The van der Waals surface area contributed by atoms with E-state index < -0.39 is 15.9 Å². The van der Waals surface area contributed by atoms with Crippen molar-refractivity contribution in [3.8, 4) is 11.3 Å². The number of nitrogens with one attached hydrogen (secondary N) is 2. The van der Waals surface area contributed by atoms with Crippen LogP contribution in [0, 0.1) is 18.6 Å². The molecule has 7 nitrogen and oxygen atoms in total. The van der Waals surface area contributed by atoms with Crippen LogP contribution in [0.25, 0.3) is 11.3 Å². The van der Waals surface area contributed by atoms with Gasteiger partial charge in [0, 0.05) is 11.6 Å². The van der Waals surface area contributed by atoms with Gasteiger partial charge in [0.05, 0.1) is 16.2 Å². The van der Waals surface area contributed by atoms with Crippen LogP contribution in [0.4, 0.5) is 5.95 Å². The van der Waals surface area contributed by atoms with E-state index in [1.54, 1.807) is 6.07 Å². The summed E-state index contributed by atoms with van der Waals surface area (Å²) in [6, 6.07) is 12.8. The molecule has 1 heterocycles. The number of carboxylic acid groups (broad SMARTS) is 1. The predicted molar refractivity (Wildman–Crippen MR) is 108 cm³/mol. The normalized spacial score (nSPS) is 13.0. The van der Waals surface area contributed by atoms with E-state index in [1.165, 1.54) is 24.3 Å². The molecule has 1 aromatic heterocycles. The summed E-state index contributed by atoms with van der Waals surface area (Å²) in [4.78, 5) is 19.5. The monoisotopic (exact) mass is 416 g/mol. The van der Waals surface area contributed by atoms with E-state index >= 15 is 0 Å². The van der Waals surface area contributed by atoms with Gasteiger partial charge in [-0.3, -0.25) is 4.72 Å². The molecule has 28 heavy (non-hydrogen) atoms. The van der Waals surface area contributed by atoms with Crippen LogP contribution in [0.5, 0.6) is 0 Å². The molecule has 1 atom stereocenters. The number of aromatic nitrogens is 2. The van der Waals surface area contributed by atoms with Crippen LogP contribution in [0.3, 0.4) is 0 Å². The molecule has 0 aliphatic carbocycles. The number of benzene rings is 2. The number of rotatable bonds is 5. The average Bonchev–Trinajstić information content (AvgIpc) is 2.61. The number of hydrogen-bond donors (Lipinski definition) is 3. The molecule has 0 spiro atoms. The maximum absolute atomic E-state index is 12.9. The minimum Gasteiger partial charge on any atom is -0.478 e. The fourth-order valence-electron chi connectivity index (χ4n) is 2.81. The molecule has 0 aliphatic rings. The fraction of sp³-hybridized carbons (Fsp3) is 0.105. The van der Waals surface area contributed by atoms with Gasteiger partial charge >= 0.3 is 5.97 Å². The summed E-state index contributed by atoms with van der Waals surface area (Å²) in [6.07, 6.45) is 0. The molecule has 0 aliphatic heterocycles. The fourth-order valence-corrected chi connectivity index (χ4v) is 4.02. The summed E-state index contributed by atoms with van der Waals surface area (Å²) in [5, 5.41) is 9.23. The van der Waals surface area contributed by atoms with E-state index in [9.17, 15) is 9.00 Å². The maximum atomic E-state index is 12.9. The van der Waals surface area contributed by atoms with Gasteiger partial charge in [0.1, 0.15) is 5.15 Å². The predicted octanol–water partition coefficient (Wildman–Crippen LogP) is 4.54. The topological polar surface area (TPSA) is 116 Å². The molecule has 0 fully saturated rings. The number of aryl methyl sites for hydroxylation is 2. The standard InChI is InChI=1S/C19H17ClN4O3S/c1-11-5-3-6-12(2)17(11)15-10-16(20)23-19(22-15)24-28(21,27)14-8-4-7-13(9-14)18(25)26/h3-10H,1-2H3,(H,25,26)(H2,21,22,23,24,27). The molecule has 2 aromatic carbocycles. The van der Waals surface area contributed by atoms with Crippen molar-refractivity contribution in [1.82, 2.24) is 9.97 Å². The third kappa shape index (κ3) is 4.13. The Morgan fingerprint density at radius 1 is 1.11 bits per heavy atom. The van der Waals surface area contributed by atoms with Crippen molar-refractivity contribution < 1.29 is 14.1 Å². The van der Waals surface area contributed by atoms with Crippen molar-refractivity contribution >= 4 is 33.4 Å². The Labute approximate surface area is 167 Å². The minimum atomic E-state index is -3.60. The number of hydrogen-bond acceptors (Lipinski definition) is 5. The zero-order valence-corrected chi connectivity index (χ0v) is 16.6. The number of nitrogens with zero attached hydrogens (tertiary/aromatic N) is 2. The first-order valence-electron chi connectivity index (χ1n) is 8.18. The quantitative estimate of drug-likeness (QED) is 0.528. The second kappa shape index (κ2) is 7.57. The largest absolute Gasteiger partial charge is 0.478 e. The first kappa shape index (κ1) is 19.8. The number of carbonyl (C=O) groups is 1. The number of anilines is 1. The van der Waals surface area contributed by atoms with Crippen LogP contribution in [-0.4, -0.2) is 25.3 Å². The molecule has 9 heteroatoms. The van der Waals surface area contributed by atoms with E-state index in [-0.39, 0.29) is 21.6 Å². The molecule has 0 bridgehead atoms. The van der Waals surface area contributed by atoms with Crippen LogP contribution >= 0.6 is 11.6 Å². The second-order valence-electron chi connectivity index (χ2n) is 6.16. The van der Waals surface area contributed by atoms with Crippen LogP contribution in [0.1, 0.15) is 21.5 Å². The van der Waals surface area contributed by atoms with Crippen molar-refractivity contribution in [2.45, 2.75) is 18.7 Å². The lowest BCUT2D eigenvalue weighted by Gasteiger charge is -2.13. The first-order valence-corrected chi connectivity index (χ1v) is 10.1. The van der Waals surface area contributed by atoms with E-state index in [0.717, 1.165) is 16.7 Å². The Kier molecular flexibility index (Phi) is 5.35. The first-order chi connectivity index (χ1) is 13.2. The Hall–Kier alpha value is -2.97. The Balaban J connectivity index is 2.02. The summed E-state index contributed by atoms with van der Waals surface area (Å²) in [7, 11) is -3.60. The Morgan fingerprint density at radius 3 is 2.39 bits per heavy atom. The van der Waals surface area contributed by atoms with Gasteiger partial charge in [0.25, 0.3) is 0 Å². The van der Waals surface area contributed by atoms with E-state index in [4.69, 9.17) is 21.5 Å². The molecule has 3 N–H and O–H groups in total. The molecule has 1 unspecified atom stereocenters. The van der Waals surface area contributed by atoms with Crippen molar-refractivity contribution in [2.24, 2.45) is 0 Å². The molecule has 0 radical (unpaired) electrons. The summed E-state index contributed by atoms with van der Waals surface area (Å²) >= 11 is 6.12. The lowest BCUT2D eigenvalue weighted by molar-refractivity contribution is 0.0696. The molecule has 3 rings (SSSR count). The van der Waals surface area contributed by atoms with Crippen LogP contribution in [-0.2, 0) is 9.92 Å². The van der Waals surface area contributed by atoms with Gasteiger partial charge in [-0.1, -0.05) is 35.9 Å². The van der Waals surface area contributed by atoms with Gasteiger partial charge in [0.2, 0.25) is 5.95 Å². The Bertz CT molecular complexity index is 1160. The van der Waals surface area contributed by atoms with Crippen molar-refractivity contribution in [3.63, 3.8) is 0 Å². The highest BCUT2D eigenvalue weighted by molar-refractivity contribution is 7.93. The molecular formula is C19H17ClN4O3S. The molecule has 144 valence electrons. The van der Waals surface area contributed by atoms with Gasteiger partial charge < -0.3 is 5.11 Å². The van der Waals surface area contributed by atoms with E-state index in [0.29, 0.717) is 5.69 Å². The highest BCUT2D eigenvalue weighted by atomic mass is 35.5. The molecule has 0 amide bonds. The van der Waals surface area contributed by atoms with Crippen LogP contribution < -0.4 is 4.72 Å². The molecule has 3 aromatic rings. The average molecular weight is 417 g/mol. The minimum absolute atomic E-state index is 0.00426. The third-order valence-corrected chi connectivity index (χ3v) is 5.66. The van der Waals surface area contributed by atoms with Gasteiger partial charge in [0.15, 0.2) is 9.92 Å². The Morgan fingerprint density at radius 2 is 1.75 bits per heavy atom. The summed E-state index contributed by atoms with van der Waals surface area (Å²) in [6.45, 7) is 3.88. The van der Waals surface area contributed by atoms with Crippen molar-refractivity contribution in [3.05, 3.63) is 70.4 Å². The molecule has 0 saturated carbocycles. The smallest absolute Gasteiger partial charge is 0.335 e. The summed E-state index contributed by atoms with van der Waals surface area (Å²) in [5.41, 5.74) is 3.32. The number of carboxylic acids is 1. The lowest BCUT2D eigenvalue weighted by atomic mass is 10.00. The summed E-state index contributed by atoms with van der Waals surface area (Å²) in [5.74, 6) is -1.25. The van der Waals surface area contributed by atoms with Gasteiger partial charge in [-0.2, -0.15) is 0 Å². The van der Waals surface area contributed by atoms with Crippen LogP contribution in [0.15, 0.2) is 53.4 Å². The summed E-state index contributed by atoms with van der Waals surface area (Å²) < 4.78 is 23.5. The number of aromatic carboxylic acids is 1. The van der Waals surface area contributed by atoms with Gasteiger partial charge in [-0.15, -0.1) is 0 Å². The zero-order valence-electron chi connectivity index (χ0n) is 15.1. The molecular weight excluding hydrogens is 400 g/mol. The SMILES string of the molecule is Cc1cccc(C)c1-c1cc(Cl)nc(NS(=N)(=O)c2cccc(C(=O)O)c2)n1. The van der Waals surface area contributed by atoms with Gasteiger partial charge in [-0.05, 0) is 43.2 Å². The number of halogens is 1. The zero-order chi connectivity index (χ0) is 20.5. The van der Waals surface area contributed by atoms with E-state index in [1.807, 2.05) is 32.0 Å². The molecule has 0 saturated heterocycles. The van der Waals surface area contributed by atoms with Crippen molar-refractivity contribution in [2.75, 3.05) is 4.72 Å².